The van der Waals surface area contributed by atoms with Gasteiger partial charge >= 0.3 is 16.2 Å². The number of carbonyl (C=O) groups excluding carboxylic acids is 1. The molecule has 114 valence electrons. The molecule has 0 aliphatic rings. The lowest BCUT2D eigenvalue weighted by molar-refractivity contribution is 0.0531. The number of carbonyl (C=O) groups is 1. The SMILES string of the molecule is CCOC(=O)c1sc(NS(=O)(=O)N(CC)CC)cc1C. The number of rotatable bonds is 7. The summed E-state index contributed by atoms with van der Waals surface area (Å²) in [6, 6.07) is 1.64. The number of nitrogens with zero attached hydrogens (tertiary/aromatic N) is 1. The van der Waals surface area contributed by atoms with Crippen LogP contribution in [0.3, 0.4) is 0 Å². The van der Waals surface area contributed by atoms with E-state index in [0.717, 1.165) is 11.3 Å². The average molecular weight is 320 g/mol. The van der Waals surface area contributed by atoms with Gasteiger partial charge < -0.3 is 4.74 Å². The second kappa shape index (κ2) is 7.05. The van der Waals surface area contributed by atoms with Gasteiger partial charge in [-0.25, -0.2) is 4.79 Å². The Kier molecular flexibility index (Phi) is 5.97. The number of aryl methyl sites for hydroxylation is 1. The smallest absolute Gasteiger partial charge is 0.348 e. The average Bonchev–Trinajstić information content (AvgIpc) is 2.70. The van der Waals surface area contributed by atoms with Gasteiger partial charge in [-0.2, -0.15) is 12.7 Å². The van der Waals surface area contributed by atoms with Crippen molar-refractivity contribution in [3.05, 3.63) is 16.5 Å². The first kappa shape index (κ1) is 16.9. The van der Waals surface area contributed by atoms with E-state index < -0.39 is 16.2 Å². The summed E-state index contributed by atoms with van der Waals surface area (Å²) in [7, 11) is -3.58. The molecule has 1 aromatic rings. The molecule has 0 atom stereocenters. The first-order chi connectivity index (χ1) is 9.35. The highest BCUT2D eigenvalue weighted by molar-refractivity contribution is 7.90. The maximum absolute atomic E-state index is 12.1. The summed E-state index contributed by atoms with van der Waals surface area (Å²) in [5, 5.41) is 0.414. The van der Waals surface area contributed by atoms with Gasteiger partial charge in [0, 0.05) is 13.1 Å². The molecule has 20 heavy (non-hydrogen) atoms. The molecule has 0 aliphatic carbocycles. The van der Waals surface area contributed by atoms with Crippen molar-refractivity contribution in [3.63, 3.8) is 0 Å². The Labute approximate surface area is 123 Å². The predicted molar refractivity (Wildman–Crippen MR) is 80.5 cm³/mol. The monoisotopic (exact) mass is 320 g/mol. The number of thiophene rings is 1. The van der Waals surface area contributed by atoms with Crippen molar-refractivity contribution in [3.8, 4) is 0 Å². The van der Waals surface area contributed by atoms with Crippen LogP contribution in [0.25, 0.3) is 0 Å². The van der Waals surface area contributed by atoms with Gasteiger partial charge in [0.2, 0.25) is 0 Å². The van der Waals surface area contributed by atoms with E-state index in [2.05, 4.69) is 4.72 Å². The molecular weight excluding hydrogens is 300 g/mol. The molecule has 1 aromatic heterocycles. The van der Waals surface area contributed by atoms with Crippen LogP contribution >= 0.6 is 11.3 Å². The third-order valence-corrected chi connectivity index (χ3v) is 5.59. The van der Waals surface area contributed by atoms with E-state index in [-0.39, 0.29) is 6.61 Å². The molecular formula is C12H20N2O4S2. The van der Waals surface area contributed by atoms with Crippen LogP contribution in [-0.2, 0) is 14.9 Å². The summed E-state index contributed by atoms with van der Waals surface area (Å²) in [6.07, 6.45) is 0. The molecule has 1 rings (SSSR count). The van der Waals surface area contributed by atoms with Crippen molar-refractivity contribution in [1.29, 1.82) is 0 Å². The Balaban J connectivity index is 2.95. The van der Waals surface area contributed by atoms with Crippen LogP contribution in [0, 0.1) is 6.92 Å². The second-order valence-electron chi connectivity index (χ2n) is 4.03. The van der Waals surface area contributed by atoms with E-state index in [9.17, 15) is 13.2 Å². The minimum absolute atomic E-state index is 0.288. The van der Waals surface area contributed by atoms with Gasteiger partial charge in [0.05, 0.1) is 6.61 Å². The molecule has 0 bridgehead atoms. The Morgan fingerprint density at radius 1 is 1.35 bits per heavy atom. The summed E-state index contributed by atoms with van der Waals surface area (Å²) in [6.45, 7) is 8.08. The molecule has 1 heterocycles. The van der Waals surface area contributed by atoms with E-state index in [0.29, 0.717) is 28.5 Å². The normalized spacial score (nSPS) is 11.7. The molecule has 0 saturated carbocycles. The van der Waals surface area contributed by atoms with Crippen molar-refractivity contribution in [2.24, 2.45) is 0 Å². The number of nitrogens with one attached hydrogen (secondary N) is 1. The summed E-state index contributed by atoms with van der Waals surface area (Å²) >= 11 is 1.08. The molecule has 0 spiro atoms. The largest absolute Gasteiger partial charge is 0.462 e. The summed E-state index contributed by atoms with van der Waals surface area (Å²) < 4.78 is 32.9. The van der Waals surface area contributed by atoms with E-state index in [1.807, 2.05) is 0 Å². The van der Waals surface area contributed by atoms with Gasteiger partial charge in [-0.3, -0.25) is 4.72 Å². The Hall–Kier alpha value is -1.12. The van der Waals surface area contributed by atoms with E-state index in [4.69, 9.17) is 4.74 Å². The summed E-state index contributed by atoms with van der Waals surface area (Å²) in [4.78, 5) is 12.1. The Bertz CT molecular complexity index is 562. The quantitative estimate of drug-likeness (QED) is 0.782. The second-order valence-corrected chi connectivity index (χ2v) is 6.76. The Morgan fingerprint density at radius 3 is 2.45 bits per heavy atom. The molecule has 0 radical (unpaired) electrons. The van der Waals surface area contributed by atoms with Gasteiger partial charge in [0.1, 0.15) is 9.88 Å². The number of hydrogen-bond donors (Lipinski definition) is 1. The molecule has 1 N–H and O–H groups in total. The van der Waals surface area contributed by atoms with Gasteiger partial charge in [-0.05, 0) is 25.5 Å². The highest BCUT2D eigenvalue weighted by atomic mass is 32.2. The topological polar surface area (TPSA) is 75.7 Å². The molecule has 6 nitrogen and oxygen atoms in total. The van der Waals surface area contributed by atoms with Crippen molar-refractivity contribution < 1.29 is 17.9 Å². The third-order valence-electron chi connectivity index (χ3n) is 2.65. The van der Waals surface area contributed by atoms with E-state index in [1.54, 1.807) is 33.8 Å². The zero-order valence-electron chi connectivity index (χ0n) is 12.1. The van der Waals surface area contributed by atoms with Gasteiger partial charge in [0.25, 0.3) is 0 Å². The summed E-state index contributed by atoms with van der Waals surface area (Å²) in [5.74, 6) is -0.428. The van der Waals surface area contributed by atoms with E-state index in [1.165, 1.54) is 4.31 Å². The van der Waals surface area contributed by atoms with Crippen LogP contribution in [0.15, 0.2) is 6.07 Å². The Morgan fingerprint density at radius 2 is 1.95 bits per heavy atom. The molecule has 8 heteroatoms. The van der Waals surface area contributed by atoms with Gasteiger partial charge in [-0.15, -0.1) is 11.3 Å². The van der Waals surface area contributed by atoms with Crippen LogP contribution in [0.5, 0.6) is 0 Å². The predicted octanol–water partition coefficient (Wildman–Crippen LogP) is 2.23. The molecule has 0 amide bonds. The van der Waals surface area contributed by atoms with Crippen molar-refractivity contribution in [2.45, 2.75) is 27.7 Å². The fourth-order valence-electron chi connectivity index (χ4n) is 1.69. The lowest BCUT2D eigenvalue weighted by Gasteiger charge is -2.18. The van der Waals surface area contributed by atoms with Gasteiger partial charge in [0.15, 0.2) is 0 Å². The first-order valence-corrected chi connectivity index (χ1v) is 8.66. The van der Waals surface area contributed by atoms with Crippen molar-refractivity contribution in [2.75, 3.05) is 24.4 Å². The highest BCUT2D eigenvalue weighted by Crippen LogP contribution is 2.28. The first-order valence-electron chi connectivity index (χ1n) is 6.41. The third kappa shape index (κ3) is 3.94. The number of ether oxygens (including phenoxy) is 1. The van der Waals surface area contributed by atoms with Crippen molar-refractivity contribution in [1.82, 2.24) is 4.31 Å². The minimum Gasteiger partial charge on any atom is -0.462 e. The van der Waals surface area contributed by atoms with Crippen LogP contribution in [0.1, 0.15) is 36.0 Å². The maximum Gasteiger partial charge on any atom is 0.348 e. The molecule has 0 aliphatic heterocycles. The summed E-state index contributed by atoms with van der Waals surface area (Å²) in [5.41, 5.74) is 0.700. The number of hydrogen-bond acceptors (Lipinski definition) is 5. The number of esters is 1. The standard InChI is InChI=1S/C12H20N2O4S2/c1-5-14(6-2)20(16,17)13-10-8-9(4)11(19-10)12(15)18-7-3/h8,13H,5-7H2,1-4H3. The molecule has 0 aromatic carbocycles. The minimum atomic E-state index is -3.58. The zero-order chi connectivity index (χ0) is 15.3. The lowest BCUT2D eigenvalue weighted by Crippen LogP contribution is -2.35. The van der Waals surface area contributed by atoms with E-state index >= 15 is 0 Å². The van der Waals surface area contributed by atoms with Crippen LogP contribution in [0.2, 0.25) is 0 Å². The highest BCUT2D eigenvalue weighted by Gasteiger charge is 2.21. The molecule has 0 unspecified atom stereocenters. The fraction of sp³-hybridized carbons (Fsp3) is 0.583. The zero-order valence-corrected chi connectivity index (χ0v) is 13.7. The molecule has 0 saturated heterocycles. The van der Waals surface area contributed by atoms with Crippen LogP contribution in [0.4, 0.5) is 5.00 Å². The fourth-order valence-corrected chi connectivity index (χ4v) is 4.11. The lowest BCUT2D eigenvalue weighted by atomic mass is 10.3. The van der Waals surface area contributed by atoms with Crippen molar-refractivity contribution >= 4 is 32.5 Å². The van der Waals surface area contributed by atoms with Crippen LogP contribution in [-0.4, -0.2) is 38.4 Å². The molecule has 0 fully saturated rings. The van der Waals surface area contributed by atoms with Crippen LogP contribution < -0.4 is 4.72 Å². The number of anilines is 1. The maximum atomic E-state index is 12.1. The van der Waals surface area contributed by atoms with Gasteiger partial charge in [-0.1, -0.05) is 13.8 Å².